The molecule has 5 heteroatoms. The molecule has 0 aromatic carbocycles. The average molecular weight is 216 g/mol. The van der Waals surface area contributed by atoms with Crippen LogP contribution in [0.2, 0.25) is 0 Å². The van der Waals surface area contributed by atoms with E-state index in [0.717, 1.165) is 12.8 Å². The van der Waals surface area contributed by atoms with Crippen LogP contribution in [-0.4, -0.2) is 34.9 Å². The highest BCUT2D eigenvalue weighted by atomic mass is 16.5. The minimum Gasteiger partial charge on any atom is -0.480 e. The fraction of sp³-hybridized carbons (Fsp3) is 0.800. The summed E-state index contributed by atoms with van der Waals surface area (Å²) in [5.74, 6) is -2.54. The predicted octanol–water partition coefficient (Wildman–Crippen LogP) is 1.12. The molecule has 2 N–H and O–H groups in total. The lowest BCUT2D eigenvalue weighted by molar-refractivity contribution is -0.167. The molecule has 1 saturated heterocycles. The van der Waals surface area contributed by atoms with E-state index in [1.54, 1.807) is 6.92 Å². The standard InChI is InChI=1S/C10H16O5/c1-2-10(8(11)12,9(13)14)6-7-4-3-5-15-7/h7H,2-6H2,1H3,(H,11,12)(H,13,14). The molecular weight excluding hydrogens is 200 g/mol. The first-order valence-electron chi connectivity index (χ1n) is 5.11. The molecule has 0 saturated carbocycles. The van der Waals surface area contributed by atoms with Gasteiger partial charge < -0.3 is 14.9 Å². The van der Waals surface area contributed by atoms with Gasteiger partial charge in [0.05, 0.1) is 6.10 Å². The first kappa shape index (κ1) is 12.0. The van der Waals surface area contributed by atoms with Crippen LogP contribution in [0.3, 0.4) is 0 Å². The normalized spacial score (nSPS) is 21.5. The van der Waals surface area contributed by atoms with Gasteiger partial charge in [0.1, 0.15) is 0 Å². The van der Waals surface area contributed by atoms with Crippen molar-refractivity contribution in [3.8, 4) is 0 Å². The minimum atomic E-state index is -1.69. The zero-order chi connectivity index (χ0) is 11.5. The molecule has 0 aromatic heterocycles. The molecule has 1 rings (SSSR count). The number of hydrogen-bond acceptors (Lipinski definition) is 3. The summed E-state index contributed by atoms with van der Waals surface area (Å²) in [5.41, 5.74) is -1.69. The van der Waals surface area contributed by atoms with Crippen molar-refractivity contribution in [1.82, 2.24) is 0 Å². The minimum absolute atomic E-state index is 0.0637. The van der Waals surface area contributed by atoms with Crippen molar-refractivity contribution < 1.29 is 24.5 Å². The number of aliphatic carboxylic acids is 2. The molecule has 0 aliphatic carbocycles. The van der Waals surface area contributed by atoms with Crippen molar-refractivity contribution in [2.45, 2.75) is 38.7 Å². The molecule has 0 spiro atoms. The summed E-state index contributed by atoms with van der Waals surface area (Å²) in [7, 11) is 0. The quantitative estimate of drug-likeness (QED) is 0.673. The van der Waals surface area contributed by atoms with Crippen LogP contribution in [0, 0.1) is 5.41 Å². The van der Waals surface area contributed by atoms with Gasteiger partial charge in [-0.15, -0.1) is 0 Å². The number of carboxylic acids is 2. The fourth-order valence-electron chi connectivity index (χ4n) is 1.91. The van der Waals surface area contributed by atoms with Gasteiger partial charge in [0, 0.05) is 13.0 Å². The second-order valence-corrected chi connectivity index (χ2v) is 3.89. The Morgan fingerprint density at radius 3 is 2.33 bits per heavy atom. The van der Waals surface area contributed by atoms with Crippen LogP contribution in [0.15, 0.2) is 0 Å². The Kier molecular flexibility index (Phi) is 3.68. The maximum Gasteiger partial charge on any atom is 0.321 e. The van der Waals surface area contributed by atoms with E-state index in [4.69, 9.17) is 14.9 Å². The van der Waals surface area contributed by atoms with Crippen LogP contribution in [0.4, 0.5) is 0 Å². The molecule has 5 nitrogen and oxygen atoms in total. The van der Waals surface area contributed by atoms with E-state index in [-0.39, 0.29) is 18.9 Å². The highest BCUT2D eigenvalue weighted by Gasteiger charge is 2.47. The highest BCUT2D eigenvalue weighted by molar-refractivity contribution is 5.98. The summed E-state index contributed by atoms with van der Waals surface area (Å²) in [6.07, 6.45) is 1.55. The van der Waals surface area contributed by atoms with Crippen LogP contribution in [0.25, 0.3) is 0 Å². The summed E-state index contributed by atoms with van der Waals surface area (Å²) >= 11 is 0. The van der Waals surface area contributed by atoms with Crippen LogP contribution >= 0.6 is 0 Å². The van der Waals surface area contributed by atoms with Crippen molar-refractivity contribution in [2.24, 2.45) is 5.41 Å². The lowest BCUT2D eigenvalue weighted by Crippen LogP contribution is -2.41. The topological polar surface area (TPSA) is 83.8 Å². The lowest BCUT2D eigenvalue weighted by atomic mass is 9.79. The van der Waals surface area contributed by atoms with Crippen molar-refractivity contribution in [1.29, 1.82) is 0 Å². The van der Waals surface area contributed by atoms with Gasteiger partial charge in [-0.05, 0) is 19.3 Å². The first-order chi connectivity index (χ1) is 7.03. The molecule has 15 heavy (non-hydrogen) atoms. The number of carbonyl (C=O) groups is 2. The van der Waals surface area contributed by atoms with Gasteiger partial charge in [0.2, 0.25) is 0 Å². The molecule has 1 atom stereocenters. The van der Waals surface area contributed by atoms with Gasteiger partial charge in [0.15, 0.2) is 5.41 Å². The maximum atomic E-state index is 11.0. The predicted molar refractivity (Wildman–Crippen MR) is 51.6 cm³/mol. The number of hydrogen-bond donors (Lipinski definition) is 2. The second kappa shape index (κ2) is 4.61. The van der Waals surface area contributed by atoms with E-state index in [2.05, 4.69) is 0 Å². The summed E-state index contributed by atoms with van der Waals surface area (Å²) in [6, 6.07) is 0. The second-order valence-electron chi connectivity index (χ2n) is 3.89. The molecule has 0 radical (unpaired) electrons. The van der Waals surface area contributed by atoms with E-state index in [9.17, 15) is 9.59 Å². The Hall–Kier alpha value is -1.10. The van der Waals surface area contributed by atoms with Gasteiger partial charge >= 0.3 is 11.9 Å². The van der Waals surface area contributed by atoms with Crippen LogP contribution in [-0.2, 0) is 14.3 Å². The molecule has 0 aromatic rings. The molecule has 1 fully saturated rings. The third kappa shape index (κ3) is 2.28. The Morgan fingerprint density at radius 1 is 1.40 bits per heavy atom. The molecule has 0 amide bonds. The van der Waals surface area contributed by atoms with Crippen molar-refractivity contribution in [2.75, 3.05) is 6.61 Å². The summed E-state index contributed by atoms with van der Waals surface area (Å²) < 4.78 is 5.28. The summed E-state index contributed by atoms with van der Waals surface area (Å²) in [6.45, 7) is 2.18. The molecule has 1 aliphatic rings. The molecule has 86 valence electrons. The molecule has 1 aliphatic heterocycles. The third-order valence-corrected chi connectivity index (χ3v) is 3.02. The summed E-state index contributed by atoms with van der Waals surface area (Å²) in [5, 5.41) is 18.0. The van der Waals surface area contributed by atoms with Gasteiger partial charge in [-0.2, -0.15) is 0 Å². The van der Waals surface area contributed by atoms with Crippen LogP contribution in [0.5, 0.6) is 0 Å². The number of carboxylic acid groups (broad SMARTS) is 2. The van der Waals surface area contributed by atoms with E-state index in [1.807, 2.05) is 0 Å². The Balaban J connectivity index is 2.79. The Bertz CT molecular complexity index is 241. The molecule has 1 heterocycles. The Labute approximate surface area is 88.0 Å². The largest absolute Gasteiger partial charge is 0.480 e. The molecular formula is C10H16O5. The first-order valence-corrected chi connectivity index (χ1v) is 5.11. The number of ether oxygens (including phenoxy) is 1. The number of rotatable bonds is 5. The average Bonchev–Trinajstić information content (AvgIpc) is 2.65. The van der Waals surface area contributed by atoms with Crippen molar-refractivity contribution >= 4 is 11.9 Å². The van der Waals surface area contributed by atoms with E-state index < -0.39 is 17.4 Å². The van der Waals surface area contributed by atoms with E-state index in [0.29, 0.717) is 6.61 Å². The van der Waals surface area contributed by atoms with Crippen molar-refractivity contribution in [3.05, 3.63) is 0 Å². The van der Waals surface area contributed by atoms with Gasteiger partial charge in [-0.1, -0.05) is 6.92 Å². The zero-order valence-corrected chi connectivity index (χ0v) is 8.73. The Morgan fingerprint density at radius 2 is 2.00 bits per heavy atom. The SMILES string of the molecule is CCC(CC1CCCO1)(C(=O)O)C(=O)O. The fourth-order valence-corrected chi connectivity index (χ4v) is 1.91. The van der Waals surface area contributed by atoms with Gasteiger partial charge in [0.25, 0.3) is 0 Å². The van der Waals surface area contributed by atoms with Gasteiger partial charge in [-0.25, -0.2) is 0 Å². The maximum absolute atomic E-state index is 11.0. The van der Waals surface area contributed by atoms with Crippen molar-refractivity contribution in [3.63, 3.8) is 0 Å². The third-order valence-electron chi connectivity index (χ3n) is 3.02. The zero-order valence-electron chi connectivity index (χ0n) is 8.73. The summed E-state index contributed by atoms with van der Waals surface area (Å²) in [4.78, 5) is 22.1. The van der Waals surface area contributed by atoms with Crippen LogP contribution in [0.1, 0.15) is 32.6 Å². The molecule has 0 bridgehead atoms. The van der Waals surface area contributed by atoms with E-state index in [1.165, 1.54) is 0 Å². The highest BCUT2D eigenvalue weighted by Crippen LogP contribution is 2.33. The smallest absolute Gasteiger partial charge is 0.321 e. The van der Waals surface area contributed by atoms with E-state index >= 15 is 0 Å². The lowest BCUT2D eigenvalue weighted by Gasteiger charge is -2.25. The molecule has 1 unspecified atom stereocenters. The monoisotopic (exact) mass is 216 g/mol. The van der Waals surface area contributed by atoms with Crippen LogP contribution < -0.4 is 0 Å². The van der Waals surface area contributed by atoms with Gasteiger partial charge in [-0.3, -0.25) is 9.59 Å².